The van der Waals surface area contributed by atoms with Crippen molar-refractivity contribution >= 4 is 17.0 Å². The van der Waals surface area contributed by atoms with Crippen molar-refractivity contribution in [3.63, 3.8) is 0 Å². The maximum atomic E-state index is 13.4. The van der Waals surface area contributed by atoms with Gasteiger partial charge in [0.2, 0.25) is 0 Å². The van der Waals surface area contributed by atoms with Crippen molar-refractivity contribution in [2.45, 2.75) is 25.6 Å². The van der Waals surface area contributed by atoms with Gasteiger partial charge in [0.25, 0.3) is 11.6 Å². The van der Waals surface area contributed by atoms with E-state index in [9.17, 15) is 4.79 Å². The van der Waals surface area contributed by atoms with Gasteiger partial charge >= 0.3 is 0 Å². The zero-order valence-electron chi connectivity index (χ0n) is 15.7. The van der Waals surface area contributed by atoms with Crippen molar-refractivity contribution in [2.24, 2.45) is 0 Å². The van der Waals surface area contributed by atoms with E-state index in [1.165, 1.54) is 0 Å². The van der Waals surface area contributed by atoms with Crippen LogP contribution in [0.25, 0.3) is 22.4 Å². The van der Waals surface area contributed by atoms with Crippen LogP contribution in [-0.2, 0) is 9.47 Å². The first-order chi connectivity index (χ1) is 13.7. The number of amides is 1. The smallest absolute Gasteiger partial charge is 0.259 e. The van der Waals surface area contributed by atoms with Gasteiger partial charge in [-0.25, -0.2) is 4.98 Å². The van der Waals surface area contributed by atoms with Gasteiger partial charge in [-0.05, 0) is 13.0 Å². The molecule has 0 unspecified atom stereocenters. The number of hydrogen-bond donors (Lipinski definition) is 0. The van der Waals surface area contributed by atoms with Crippen LogP contribution in [0.3, 0.4) is 0 Å². The van der Waals surface area contributed by atoms with E-state index in [1.54, 1.807) is 0 Å². The largest absolute Gasteiger partial charge is 0.347 e. The molecular weight excluding hydrogens is 358 g/mol. The number of rotatable bonds is 2. The van der Waals surface area contributed by atoms with Gasteiger partial charge in [-0.15, -0.1) is 0 Å². The second-order valence-corrected chi connectivity index (χ2v) is 7.29. The summed E-state index contributed by atoms with van der Waals surface area (Å²) in [4.78, 5) is 19.7. The lowest BCUT2D eigenvalue weighted by Gasteiger charge is -2.37. The number of benzene rings is 1. The predicted molar refractivity (Wildman–Crippen MR) is 102 cm³/mol. The lowest BCUT2D eigenvalue weighted by Crippen LogP contribution is -2.47. The second-order valence-electron chi connectivity index (χ2n) is 7.29. The molecule has 2 aromatic heterocycles. The Labute approximate surface area is 162 Å². The molecule has 28 heavy (non-hydrogen) atoms. The number of piperidine rings is 1. The van der Waals surface area contributed by atoms with Crippen LogP contribution in [0.1, 0.15) is 28.9 Å². The molecule has 0 N–H and O–H groups in total. The van der Waals surface area contributed by atoms with Gasteiger partial charge in [0, 0.05) is 37.2 Å². The summed E-state index contributed by atoms with van der Waals surface area (Å²) < 4.78 is 17.0. The fourth-order valence-corrected chi connectivity index (χ4v) is 4.04. The van der Waals surface area contributed by atoms with E-state index in [0.717, 1.165) is 11.3 Å². The SMILES string of the molecule is Cc1cc(C(=O)N2CCC3(CC2)OCCO3)c2c(-c3ccccc3)noc2n1. The second kappa shape index (κ2) is 6.68. The van der Waals surface area contributed by atoms with Crippen molar-refractivity contribution in [3.05, 3.63) is 47.7 Å². The Hall–Kier alpha value is -2.77. The Morgan fingerprint density at radius 1 is 1.11 bits per heavy atom. The summed E-state index contributed by atoms with van der Waals surface area (Å²) in [5.41, 5.74) is 3.22. The highest BCUT2D eigenvalue weighted by molar-refractivity contribution is 6.09. The van der Waals surface area contributed by atoms with Gasteiger partial charge in [0.05, 0.1) is 24.2 Å². The molecule has 0 aliphatic carbocycles. The highest BCUT2D eigenvalue weighted by Crippen LogP contribution is 2.34. The van der Waals surface area contributed by atoms with Crippen LogP contribution in [-0.4, -0.2) is 53.0 Å². The van der Waals surface area contributed by atoms with E-state index in [1.807, 2.05) is 48.2 Å². The Morgan fingerprint density at radius 3 is 2.54 bits per heavy atom. The highest BCUT2D eigenvalue weighted by atomic mass is 16.7. The van der Waals surface area contributed by atoms with Crippen LogP contribution < -0.4 is 0 Å². The third kappa shape index (κ3) is 2.87. The van der Waals surface area contributed by atoms with Gasteiger partial charge in [0.1, 0.15) is 5.69 Å². The normalized spacial score (nSPS) is 18.8. The van der Waals surface area contributed by atoms with E-state index in [0.29, 0.717) is 61.5 Å². The van der Waals surface area contributed by atoms with Crippen molar-refractivity contribution in [1.29, 1.82) is 0 Å². The predicted octanol–water partition coefficient (Wildman–Crippen LogP) is 3.18. The first-order valence-electron chi connectivity index (χ1n) is 9.55. The molecule has 1 amide bonds. The molecule has 7 nitrogen and oxygen atoms in total. The molecule has 4 heterocycles. The van der Waals surface area contributed by atoms with Crippen molar-refractivity contribution in [2.75, 3.05) is 26.3 Å². The molecule has 2 aliphatic rings. The summed E-state index contributed by atoms with van der Waals surface area (Å²) in [7, 11) is 0. The van der Waals surface area contributed by atoms with Crippen LogP contribution in [0.15, 0.2) is 40.9 Å². The van der Waals surface area contributed by atoms with Gasteiger partial charge in [-0.1, -0.05) is 35.5 Å². The first kappa shape index (κ1) is 17.3. The highest BCUT2D eigenvalue weighted by Gasteiger charge is 2.41. The zero-order chi connectivity index (χ0) is 19.1. The summed E-state index contributed by atoms with van der Waals surface area (Å²) in [6, 6.07) is 11.5. The average Bonchev–Trinajstić information content (AvgIpc) is 3.35. The molecule has 2 fully saturated rings. The molecule has 1 spiro atoms. The third-order valence-corrected chi connectivity index (χ3v) is 5.48. The van der Waals surface area contributed by atoms with Crippen LogP contribution in [0, 0.1) is 6.92 Å². The fraction of sp³-hybridized carbons (Fsp3) is 0.381. The number of likely N-dealkylation sites (tertiary alicyclic amines) is 1. The molecule has 0 saturated carbocycles. The van der Waals surface area contributed by atoms with Gasteiger partial charge in [-0.3, -0.25) is 4.79 Å². The molecule has 0 atom stereocenters. The number of ether oxygens (including phenoxy) is 2. The standard InChI is InChI=1S/C21H21N3O4/c1-14-13-16(20(25)24-9-7-21(8-10-24)26-11-12-27-21)17-18(23-28-19(17)22-14)15-5-3-2-4-6-15/h2-6,13H,7-12H2,1H3. The first-order valence-corrected chi connectivity index (χ1v) is 9.55. The number of carbonyl (C=O) groups is 1. The molecule has 1 aromatic carbocycles. The average molecular weight is 379 g/mol. The Bertz CT molecular complexity index is 1010. The number of hydrogen-bond acceptors (Lipinski definition) is 6. The van der Waals surface area contributed by atoms with Crippen LogP contribution in [0.5, 0.6) is 0 Å². The molecule has 0 radical (unpaired) electrons. The van der Waals surface area contributed by atoms with Crippen molar-refractivity contribution in [1.82, 2.24) is 15.0 Å². The molecule has 3 aromatic rings. The summed E-state index contributed by atoms with van der Waals surface area (Å²) >= 11 is 0. The third-order valence-electron chi connectivity index (χ3n) is 5.48. The summed E-state index contributed by atoms with van der Waals surface area (Å²) in [5.74, 6) is -0.546. The van der Waals surface area contributed by atoms with Crippen LogP contribution in [0.4, 0.5) is 0 Å². The summed E-state index contributed by atoms with van der Waals surface area (Å²) in [6.07, 6.45) is 1.36. The fourth-order valence-electron chi connectivity index (χ4n) is 4.04. The van der Waals surface area contributed by atoms with E-state index in [4.69, 9.17) is 14.0 Å². The monoisotopic (exact) mass is 379 g/mol. The van der Waals surface area contributed by atoms with E-state index in [-0.39, 0.29) is 5.91 Å². The Balaban J connectivity index is 1.51. The van der Waals surface area contributed by atoms with Crippen LogP contribution in [0.2, 0.25) is 0 Å². The number of carbonyl (C=O) groups excluding carboxylic acids is 1. The van der Waals surface area contributed by atoms with E-state index in [2.05, 4.69) is 10.1 Å². The zero-order valence-corrected chi connectivity index (χ0v) is 15.7. The summed E-state index contributed by atoms with van der Waals surface area (Å²) in [5, 5.41) is 4.87. The number of aryl methyl sites for hydroxylation is 1. The maximum Gasteiger partial charge on any atom is 0.259 e. The molecular formula is C21H21N3O4. The lowest BCUT2D eigenvalue weighted by atomic mass is 10.0. The van der Waals surface area contributed by atoms with Crippen LogP contribution >= 0.6 is 0 Å². The molecule has 5 rings (SSSR count). The van der Waals surface area contributed by atoms with Crippen molar-refractivity contribution in [3.8, 4) is 11.3 Å². The van der Waals surface area contributed by atoms with Crippen molar-refractivity contribution < 1.29 is 18.8 Å². The molecule has 7 heteroatoms. The minimum absolute atomic E-state index is 0.0382. The minimum Gasteiger partial charge on any atom is -0.347 e. The molecule has 0 bridgehead atoms. The molecule has 144 valence electrons. The Morgan fingerprint density at radius 2 is 1.82 bits per heavy atom. The Kier molecular flexibility index (Phi) is 4.14. The van der Waals surface area contributed by atoms with Gasteiger partial charge in [0.15, 0.2) is 5.79 Å². The van der Waals surface area contributed by atoms with Gasteiger partial charge < -0.3 is 18.9 Å². The number of nitrogens with zero attached hydrogens (tertiary/aromatic N) is 3. The topological polar surface area (TPSA) is 77.7 Å². The van der Waals surface area contributed by atoms with E-state index >= 15 is 0 Å². The lowest BCUT2D eigenvalue weighted by molar-refractivity contribution is -0.181. The van der Waals surface area contributed by atoms with E-state index < -0.39 is 5.79 Å². The maximum absolute atomic E-state index is 13.4. The molecule has 2 saturated heterocycles. The number of aromatic nitrogens is 2. The van der Waals surface area contributed by atoms with Gasteiger partial charge in [-0.2, -0.15) is 0 Å². The number of fused-ring (bicyclic) bond motifs is 1. The quantitative estimate of drug-likeness (QED) is 0.681. The number of pyridine rings is 1. The minimum atomic E-state index is -0.507. The molecule has 2 aliphatic heterocycles. The summed E-state index contributed by atoms with van der Waals surface area (Å²) in [6.45, 7) is 4.28.